The fourth-order valence-electron chi connectivity index (χ4n) is 4.28. The fraction of sp³-hybridized carbons (Fsp3) is 0.421. The maximum Gasteiger partial charge on any atom is 0.322 e. The molecule has 1 spiro atoms. The number of benzene rings is 1. The summed E-state index contributed by atoms with van der Waals surface area (Å²) in [5.41, 5.74) is 0.220. The van der Waals surface area contributed by atoms with E-state index in [1.54, 1.807) is 26.4 Å². The van der Waals surface area contributed by atoms with Crippen LogP contribution in [0.1, 0.15) is 29.8 Å². The first-order valence-electron chi connectivity index (χ1n) is 9.14. The number of rotatable bonds is 5. The molecule has 0 bridgehead atoms. The van der Waals surface area contributed by atoms with Gasteiger partial charge in [-0.15, -0.1) is 0 Å². The van der Waals surface area contributed by atoms with Crippen molar-refractivity contribution < 1.29 is 23.9 Å². The van der Waals surface area contributed by atoms with Crippen LogP contribution in [0, 0.1) is 5.92 Å². The molecule has 4 amide bonds. The molecule has 4 N–H and O–H groups in total. The Morgan fingerprint density at radius 1 is 1.29 bits per heavy atom. The van der Waals surface area contributed by atoms with E-state index < -0.39 is 11.6 Å². The third-order valence-electron chi connectivity index (χ3n) is 5.69. The number of aromatic nitrogens is 1. The molecule has 2 heterocycles. The van der Waals surface area contributed by atoms with Gasteiger partial charge in [0.2, 0.25) is 0 Å². The lowest BCUT2D eigenvalue weighted by molar-refractivity contribution is -0.125. The number of nitrogens with one attached hydrogen (secondary N) is 4. The highest BCUT2D eigenvalue weighted by Crippen LogP contribution is 2.38. The third-order valence-corrected chi connectivity index (χ3v) is 5.69. The van der Waals surface area contributed by atoms with Gasteiger partial charge >= 0.3 is 6.03 Å². The molecule has 148 valence electrons. The van der Waals surface area contributed by atoms with Gasteiger partial charge in [-0.05, 0) is 31.0 Å². The first-order chi connectivity index (χ1) is 13.5. The van der Waals surface area contributed by atoms with Crippen molar-refractivity contribution in [3.8, 4) is 11.5 Å². The second kappa shape index (κ2) is 6.74. The summed E-state index contributed by atoms with van der Waals surface area (Å²) in [7, 11) is 3.10. The lowest BCUT2D eigenvalue weighted by Crippen LogP contribution is -2.53. The highest BCUT2D eigenvalue weighted by Gasteiger charge is 2.54. The van der Waals surface area contributed by atoms with Crippen molar-refractivity contribution in [1.82, 2.24) is 20.9 Å². The summed E-state index contributed by atoms with van der Waals surface area (Å²) in [6.45, 7) is 0.294. The predicted molar refractivity (Wildman–Crippen MR) is 100 cm³/mol. The SMILES string of the molecule is COc1ccc2[nH]c(C(=O)NCC3CCCC34NC(=O)NC4=O)cc2c1OC. The van der Waals surface area contributed by atoms with E-state index in [2.05, 4.69) is 20.9 Å². The summed E-state index contributed by atoms with van der Waals surface area (Å²) < 4.78 is 10.7. The molecule has 9 nitrogen and oxygen atoms in total. The summed E-state index contributed by atoms with van der Waals surface area (Å²) in [5.74, 6) is 0.384. The number of hydrogen-bond acceptors (Lipinski definition) is 5. The zero-order valence-corrected chi connectivity index (χ0v) is 15.7. The summed E-state index contributed by atoms with van der Waals surface area (Å²) in [6.07, 6.45) is 2.15. The van der Waals surface area contributed by atoms with Crippen LogP contribution in [0.3, 0.4) is 0 Å². The van der Waals surface area contributed by atoms with Gasteiger partial charge in [-0.3, -0.25) is 14.9 Å². The van der Waals surface area contributed by atoms with Crippen molar-refractivity contribution in [2.45, 2.75) is 24.8 Å². The fourth-order valence-corrected chi connectivity index (χ4v) is 4.28. The Morgan fingerprint density at radius 3 is 2.79 bits per heavy atom. The van der Waals surface area contributed by atoms with E-state index in [-0.39, 0.29) is 17.7 Å². The average Bonchev–Trinajstić information content (AvgIpc) is 3.36. The zero-order chi connectivity index (χ0) is 19.9. The molecule has 4 rings (SSSR count). The number of H-pyrrole nitrogens is 1. The molecule has 1 saturated heterocycles. The van der Waals surface area contributed by atoms with Crippen LogP contribution in [-0.2, 0) is 4.79 Å². The molecule has 0 radical (unpaired) electrons. The van der Waals surface area contributed by atoms with Crippen molar-refractivity contribution >= 4 is 28.7 Å². The van der Waals surface area contributed by atoms with Gasteiger partial charge in [-0.2, -0.15) is 0 Å². The van der Waals surface area contributed by atoms with Gasteiger partial charge in [-0.1, -0.05) is 6.42 Å². The Bertz CT molecular complexity index is 969. The number of carbonyl (C=O) groups excluding carboxylic acids is 3. The minimum absolute atomic E-state index is 0.151. The Morgan fingerprint density at radius 2 is 2.11 bits per heavy atom. The molecule has 1 aromatic heterocycles. The zero-order valence-electron chi connectivity index (χ0n) is 15.7. The molecule has 9 heteroatoms. The molecular weight excluding hydrogens is 364 g/mol. The smallest absolute Gasteiger partial charge is 0.322 e. The Labute approximate surface area is 161 Å². The topological polar surface area (TPSA) is 122 Å². The van der Waals surface area contributed by atoms with E-state index in [1.165, 1.54) is 0 Å². The van der Waals surface area contributed by atoms with Gasteiger partial charge in [0.15, 0.2) is 11.5 Å². The molecule has 2 fully saturated rings. The minimum atomic E-state index is -0.915. The minimum Gasteiger partial charge on any atom is -0.493 e. The lowest BCUT2D eigenvalue weighted by atomic mass is 9.87. The van der Waals surface area contributed by atoms with E-state index in [9.17, 15) is 14.4 Å². The first-order valence-corrected chi connectivity index (χ1v) is 9.14. The van der Waals surface area contributed by atoms with Crippen molar-refractivity contribution in [2.75, 3.05) is 20.8 Å². The van der Waals surface area contributed by atoms with E-state index >= 15 is 0 Å². The largest absolute Gasteiger partial charge is 0.493 e. The van der Waals surface area contributed by atoms with Crippen LogP contribution in [0.25, 0.3) is 10.9 Å². The Balaban J connectivity index is 1.51. The number of hydrogen-bond donors (Lipinski definition) is 4. The quantitative estimate of drug-likeness (QED) is 0.577. The molecule has 28 heavy (non-hydrogen) atoms. The highest BCUT2D eigenvalue weighted by atomic mass is 16.5. The van der Waals surface area contributed by atoms with Crippen LogP contribution in [-0.4, -0.2) is 49.1 Å². The summed E-state index contributed by atoms with van der Waals surface area (Å²) >= 11 is 0. The van der Waals surface area contributed by atoms with Crippen molar-refractivity contribution in [1.29, 1.82) is 0 Å². The second-order valence-electron chi connectivity index (χ2n) is 7.12. The Kier molecular flexibility index (Phi) is 4.37. The predicted octanol–water partition coefficient (Wildman–Crippen LogP) is 1.29. The monoisotopic (exact) mass is 386 g/mol. The van der Waals surface area contributed by atoms with Gasteiger partial charge in [0.1, 0.15) is 11.2 Å². The van der Waals surface area contributed by atoms with E-state index in [1.807, 2.05) is 6.07 Å². The maximum atomic E-state index is 12.7. The van der Waals surface area contributed by atoms with Crippen LogP contribution < -0.4 is 25.4 Å². The number of methoxy groups -OCH3 is 2. The molecule has 2 atom stereocenters. The lowest BCUT2D eigenvalue weighted by Gasteiger charge is -2.28. The maximum absolute atomic E-state index is 12.7. The molecule has 1 aliphatic carbocycles. The number of imide groups is 1. The summed E-state index contributed by atoms with van der Waals surface area (Å²) in [4.78, 5) is 39.6. The number of urea groups is 1. The van der Waals surface area contributed by atoms with Crippen LogP contribution in [0.4, 0.5) is 4.79 Å². The van der Waals surface area contributed by atoms with Gasteiger partial charge < -0.3 is 25.1 Å². The van der Waals surface area contributed by atoms with Crippen LogP contribution in [0.15, 0.2) is 18.2 Å². The van der Waals surface area contributed by atoms with E-state index in [0.29, 0.717) is 30.2 Å². The van der Waals surface area contributed by atoms with Crippen LogP contribution in [0.2, 0.25) is 0 Å². The van der Waals surface area contributed by atoms with E-state index in [4.69, 9.17) is 9.47 Å². The summed E-state index contributed by atoms with van der Waals surface area (Å²) in [6, 6.07) is 4.82. The van der Waals surface area contributed by atoms with Gasteiger partial charge in [0, 0.05) is 17.8 Å². The van der Waals surface area contributed by atoms with E-state index in [0.717, 1.165) is 23.7 Å². The van der Waals surface area contributed by atoms with Crippen molar-refractivity contribution in [3.63, 3.8) is 0 Å². The Hall–Kier alpha value is -3.23. The third kappa shape index (κ3) is 2.74. The molecule has 1 aromatic carbocycles. The molecule has 1 aliphatic heterocycles. The highest BCUT2D eigenvalue weighted by molar-refractivity contribution is 6.07. The molecule has 2 unspecified atom stereocenters. The number of carbonyl (C=O) groups is 3. The summed E-state index contributed by atoms with van der Waals surface area (Å²) in [5, 5.41) is 8.68. The molecule has 2 aromatic rings. The normalized spacial score (nSPS) is 23.7. The van der Waals surface area contributed by atoms with Crippen molar-refractivity contribution in [2.24, 2.45) is 5.92 Å². The molecular formula is C19H22N4O5. The average molecular weight is 386 g/mol. The van der Waals surface area contributed by atoms with Gasteiger partial charge in [-0.25, -0.2) is 4.79 Å². The second-order valence-corrected chi connectivity index (χ2v) is 7.12. The number of aromatic amines is 1. The standard InChI is InChI=1S/C19H22N4O5/c1-27-14-6-5-12-11(15(14)28-2)8-13(21-12)16(24)20-9-10-4-3-7-19(10)17(25)22-18(26)23-19/h5-6,8,10,21H,3-4,7,9H2,1-2H3,(H,20,24)(H2,22,23,25,26). The first kappa shape index (κ1) is 18.1. The van der Waals surface area contributed by atoms with Crippen molar-refractivity contribution in [3.05, 3.63) is 23.9 Å². The van der Waals surface area contributed by atoms with Gasteiger partial charge in [0.25, 0.3) is 11.8 Å². The van der Waals surface area contributed by atoms with Gasteiger partial charge in [0.05, 0.1) is 19.7 Å². The number of amides is 4. The number of ether oxygens (including phenoxy) is 2. The number of fused-ring (bicyclic) bond motifs is 1. The molecule has 2 aliphatic rings. The van der Waals surface area contributed by atoms with Crippen LogP contribution >= 0.6 is 0 Å². The van der Waals surface area contributed by atoms with Crippen LogP contribution in [0.5, 0.6) is 11.5 Å². The molecule has 1 saturated carbocycles.